The van der Waals surface area contributed by atoms with Crippen molar-refractivity contribution in [2.45, 2.75) is 190 Å². The molecule has 1 spiro atoms. The van der Waals surface area contributed by atoms with E-state index in [1.54, 1.807) is 0 Å². The highest BCUT2D eigenvalue weighted by molar-refractivity contribution is 7.01. The monoisotopic (exact) mass is 1690 g/mol. The van der Waals surface area contributed by atoms with Gasteiger partial charge in [-0.3, -0.25) is 0 Å². The Kier molecular flexibility index (Phi) is 20.0. The van der Waals surface area contributed by atoms with Crippen LogP contribution in [-0.2, 0) is 5.41 Å². The fraction of sp³-hybridized carbons (Fsp3) is 0.311. The molecule has 6 fully saturated rings. The molecule has 7 aliphatic carbocycles. The fourth-order valence-electron chi connectivity index (χ4n) is 29.5. The Morgan fingerprint density at radius 2 is 0.600 bits per heavy atom. The van der Waals surface area contributed by atoms with Crippen molar-refractivity contribution in [1.82, 2.24) is 0 Å². The van der Waals surface area contributed by atoms with Crippen molar-refractivity contribution in [2.75, 3.05) is 24.5 Å². The summed E-state index contributed by atoms with van der Waals surface area (Å²) < 4.78 is 8.83. The van der Waals surface area contributed by atoms with Gasteiger partial charge >= 0.3 is 0 Å². The van der Waals surface area contributed by atoms with Crippen molar-refractivity contribution in [3.05, 3.63) is 367 Å². The highest BCUT2D eigenvalue weighted by Crippen LogP contribution is 2.66. The molecule has 5 aliphatic heterocycles. The summed E-state index contributed by atoms with van der Waals surface area (Å²) in [6.07, 6.45) is 34.1. The average Bonchev–Trinajstić information content (AvgIpc) is 1.37. The SMILES string of the molecule is c1ccc(C(c2ccccc2)c2cc3c4c(c2)N(C2C(C5CCCCC5)CCCC2C2CCCCC2)c2cc5c(cc2B4c2ccccc2N3c2ccccc2)C2(c3cc4c(cc3O5)N(C3C(C5CCCCC5)CCCC3C3CCCCC3)c3cc(N(c5ccccc5)c5ccccc5)cc5c3B4c3ccccc3N5c3ccccc3)c3ccccc3-c3ccccc32)cc1. The molecule has 0 saturated heterocycles. The lowest BCUT2D eigenvalue weighted by Crippen LogP contribution is -2.65. The Balaban J connectivity index is 0.786. The first-order valence-electron chi connectivity index (χ1n) is 50.6. The van der Waals surface area contributed by atoms with Crippen molar-refractivity contribution in [2.24, 2.45) is 47.3 Å². The van der Waals surface area contributed by atoms with E-state index >= 15 is 0 Å². The lowest BCUT2D eigenvalue weighted by molar-refractivity contribution is 0.0839. The molecule has 0 N–H and O–H groups in total. The Labute approximate surface area is 771 Å². The lowest BCUT2D eigenvalue weighted by Gasteiger charge is -2.55. The largest absolute Gasteiger partial charge is 0.457 e. The van der Waals surface area contributed by atoms with Crippen LogP contribution in [0, 0.1) is 47.3 Å². The maximum Gasteiger partial charge on any atom is 0.252 e. The summed E-state index contributed by atoms with van der Waals surface area (Å²) in [6.45, 7) is -0.290. The number of nitrogens with zero attached hydrogens (tertiary/aromatic N) is 5. The first kappa shape index (κ1) is 79.0. The quantitative estimate of drug-likeness (QED) is 0.0795. The number of fused-ring (bicyclic) bond motifs is 17. The third-order valence-corrected chi connectivity index (χ3v) is 34.7. The van der Waals surface area contributed by atoms with Crippen LogP contribution in [0.1, 0.15) is 212 Å². The van der Waals surface area contributed by atoms with Crippen molar-refractivity contribution >= 4 is 120 Å². The molecule has 0 bridgehead atoms. The molecule has 6 nitrogen and oxygen atoms in total. The van der Waals surface area contributed by atoms with Crippen LogP contribution in [0.4, 0.5) is 73.9 Å². The van der Waals surface area contributed by atoms with Gasteiger partial charge in [-0.05, 0) is 230 Å². The molecule has 0 radical (unpaired) electrons. The van der Waals surface area contributed by atoms with Gasteiger partial charge in [-0.2, -0.15) is 0 Å². The molecule has 8 heteroatoms. The molecule has 14 aromatic rings. The van der Waals surface area contributed by atoms with Crippen LogP contribution >= 0.6 is 0 Å². The molecular formula is C122H117B2N5O. The van der Waals surface area contributed by atoms with Crippen molar-refractivity contribution in [3.63, 3.8) is 0 Å². The van der Waals surface area contributed by atoms with Crippen LogP contribution in [0.15, 0.2) is 328 Å². The summed E-state index contributed by atoms with van der Waals surface area (Å²) in [5.41, 5.74) is 35.7. The van der Waals surface area contributed by atoms with Crippen molar-refractivity contribution in [1.29, 1.82) is 0 Å². The number of rotatable bonds is 14. The van der Waals surface area contributed by atoms with E-state index in [9.17, 15) is 0 Å². The Morgan fingerprint density at radius 3 is 1.02 bits per heavy atom. The van der Waals surface area contributed by atoms with Crippen molar-refractivity contribution < 1.29 is 4.74 Å². The highest BCUT2D eigenvalue weighted by atomic mass is 16.5. The second-order valence-electron chi connectivity index (χ2n) is 41.0. The molecule has 5 heterocycles. The zero-order valence-corrected chi connectivity index (χ0v) is 75.2. The lowest BCUT2D eigenvalue weighted by atomic mass is 9.32. The second-order valence-corrected chi connectivity index (χ2v) is 41.0. The minimum Gasteiger partial charge on any atom is -0.457 e. The number of ether oxygens (including phenoxy) is 1. The number of para-hydroxylation sites is 6. The third-order valence-electron chi connectivity index (χ3n) is 34.7. The molecule has 130 heavy (non-hydrogen) atoms. The average molecular weight is 1690 g/mol. The van der Waals surface area contributed by atoms with E-state index in [2.05, 4.69) is 352 Å². The number of anilines is 13. The zero-order valence-electron chi connectivity index (χ0n) is 75.2. The van der Waals surface area contributed by atoms with Gasteiger partial charge in [0.05, 0.1) is 11.1 Å². The molecule has 4 unspecified atom stereocenters. The van der Waals surface area contributed by atoms with Crippen LogP contribution < -0.4 is 62.0 Å². The molecule has 0 aromatic heterocycles. The molecule has 6 saturated carbocycles. The van der Waals surface area contributed by atoms with Gasteiger partial charge in [0.15, 0.2) is 0 Å². The van der Waals surface area contributed by atoms with Crippen LogP contribution in [0.3, 0.4) is 0 Å². The summed E-state index contributed by atoms with van der Waals surface area (Å²) >= 11 is 0. The number of hydrogen-bond donors (Lipinski definition) is 0. The molecular weight excluding hydrogens is 1570 g/mol. The predicted molar refractivity (Wildman–Crippen MR) is 544 cm³/mol. The molecule has 0 amide bonds. The van der Waals surface area contributed by atoms with Crippen LogP contribution in [0.25, 0.3) is 11.1 Å². The first-order chi connectivity index (χ1) is 64.6. The standard InChI is InChI=1S/C122H117B2N5O/c1-11-41-81(42-12-1)93-63-39-64-94(82-43-13-2-14-44-82)120(93)128-109-79-115-101(77-105(109)123-103-69-35-37-71-107(103)126(90-57-27-9-28-58-90)111-73-87(74-112(128)118(111)123)117(85-49-19-5-20-50-85)86-51-21-6-22-52-86)122(99-67-33-31-61-97(99)98-62-32-34-68-100(98)122)102-78-106-110(80-116(102)130-115)129(121-95(83-45-15-3-16-46-83)65-40-66-96(121)84-47-17-4-18-48-84)114-76-92(125(88-53-23-7-24-54-88)89-55-25-8-26-56-89)75-113-119(114)124(106)104-70-36-38-72-108(104)127(113)91-59-29-10-30-60-91/h5-10,19-38,49-62,67-84,93-96,117,120-121H,1-4,11-18,39-48,63-66H2. The number of hydrogen-bond acceptors (Lipinski definition) is 6. The van der Waals surface area contributed by atoms with Crippen LogP contribution in [-0.4, -0.2) is 25.5 Å². The Hall–Kier alpha value is -12.0. The minimum atomic E-state index is -0.838. The van der Waals surface area contributed by atoms with Gasteiger partial charge in [0.25, 0.3) is 13.4 Å². The van der Waals surface area contributed by atoms with E-state index < -0.39 is 5.41 Å². The van der Waals surface area contributed by atoms with Crippen LogP contribution in [0.5, 0.6) is 11.5 Å². The Morgan fingerprint density at radius 1 is 0.262 bits per heavy atom. The maximum atomic E-state index is 8.83. The summed E-state index contributed by atoms with van der Waals surface area (Å²) in [6, 6.07) is 130. The molecule has 14 aromatic carbocycles. The summed E-state index contributed by atoms with van der Waals surface area (Å²) in [7, 11) is 0. The normalized spacial score (nSPS) is 21.8. The predicted octanol–water partition coefficient (Wildman–Crippen LogP) is 28.2. The Bertz CT molecular complexity index is 6050. The summed E-state index contributed by atoms with van der Waals surface area (Å²) in [4.78, 5) is 14.3. The second kappa shape index (κ2) is 32.8. The molecule has 4 atom stereocenters. The van der Waals surface area contributed by atoms with Gasteiger partial charge in [-0.1, -0.05) is 372 Å². The van der Waals surface area contributed by atoms with E-state index in [1.165, 1.54) is 312 Å². The van der Waals surface area contributed by atoms with Gasteiger partial charge in [0.2, 0.25) is 0 Å². The first-order valence-corrected chi connectivity index (χ1v) is 50.6. The maximum absolute atomic E-state index is 8.83. The highest BCUT2D eigenvalue weighted by Gasteiger charge is 2.59. The minimum absolute atomic E-state index is 0.0440. The van der Waals surface area contributed by atoms with E-state index in [4.69, 9.17) is 4.74 Å². The smallest absolute Gasteiger partial charge is 0.252 e. The van der Waals surface area contributed by atoms with Gasteiger partial charge < -0.3 is 29.2 Å². The van der Waals surface area contributed by atoms with E-state index in [-0.39, 0.29) is 31.4 Å². The number of benzene rings is 14. The van der Waals surface area contributed by atoms with Gasteiger partial charge in [-0.25, -0.2) is 0 Å². The van der Waals surface area contributed by atoms with Crippen molar-refractivity contribution in [3.8, 4) is 22.6 Å². The molecule has 642 valence electrons. The van der Waals surface area contributed by atoms with E-state index in [1.807, 2.05) is 0 Å². The van der Waals surface area contributed by atoms with Crippen LogP contribution in [0.2, 0.25) is 0 Å². The fourth-order valence-corrected chi connectivity index (χ4v) is 29.5. The molecule has 12 aliphatic rings. The van der Waals surface area contributed by atoms with Gasteiger partial charge in [0, 0.05) is 110 Å². The van der Waals surface area contributed by atoms with Gasteiger partial charge in [-0.15, -0.1) is 0 Å². The third kappa shape index (κ3) is 12.7. The summed E-state index contributed by atoms with van der Waals surface area (Å²) in [5, 5.41) is 0. The topological polar surface area (TPSA) is 25.4 Å². The van der Waals surface area contributed by atoms with E-state index in [0.29, 0.717) is 47.3 Å². The molecule has 26 rings (SSSR count). The van der Waals surface area contributed by atoms with Gasteiger partial charge in [0.1, 0.15) is 11.5 Å². The zero-order chi connectivity index (χ0) is 85.5. The summed E-state index contributed by atoms with van der Waals surface area (Å²) in [5.74, 6) is 6.53. The van der Waals surface area contributed by atoms with E-state index in [0.717, 1.165) is 22.9 Å².